The normalized spacial score (nSPS) is 12.3. The number of halogens is 1. The molecule has 0 aliphatic carbocycles. The van der Waals surface area contributed by atoms with E-state index in [0.717, 1.165) is 32.2 Å². The smallest absolute Gasteiger partial charge is 0.271 e. The van der Waals surface area contributed by atoms with E-state index in [1.165, 1.54) is 17.0 Å². The van der Waals surface area contributed by atoms with Gasteiger partial charge in [-0.3, -0.25) is 24.0 Å². The third kappa shape index (κ3) is 9.12. The number of hydrogen-bond acceptors (Lipinski definition) is 6. The molecule has 224 valence electrons. The van der Waals surface area contributed by atoms with Gasteiger partial charge in [-0.2, -0.15) is 0 Å². The largest absolute Gasteiger partial charge is 0.350 e. The summed E-state index contributed by atoms with van der Waals surface area (Å²) in [6.07, 6.45) is 1.12. The summed E-state index contributed by atoms with van der Waals surface area (Å²) in [4.78, 5) is 40.1. The average molecular weight is 660 g/mol. The summed E-state index contributed by atoms with van der Waals surface area (Å²) in [6, 6.07) is 19.3. The Bertz CT molecular complexity index is 1540. The summed E-state index contributed by atoms with van der Waals surface area (Å²) >= 11 is 3.41. The minimum absolute atomic E-state index is 0.0161. The van der Waals surface area contributed by atoms with Gasteiger partial charge < -0.3 is 10.2 Å². The summed E-state index contributed by atoms with van der Waals surface area (Å²) in [7, 11) is -4.07. The number of aryl methyl sites for hydroxylation is 1. The number of rotatable bonds is 11. The summed E-state index contributed by atoms with van der Waals surface area (Å²) in [5, 5.41) is 14.4. The first kappa shape index (κ1) is 32.7. The van der Waals surface area contributed by atoms with Gasteiger partial charge in [0.15, 0.2) is 0 Å². The zero-order chi connectivity index (χ0) is 31.2. The Labute approximate surface area is 255 Å². The first-order valence-corrected chi connectivity index (χ1v) is 15.8. The second-order valence-corrected chi connectivity index (χ2v) is 13.9. The van der Waals surface area contributed by atoms with Gasteiger partial charge in [-0.1, -0.05) is 64.5 Å². The van der Waals surface area contributed by atoms with E-state index in [1.807, 2.05) is 75.4 Å². The lowest BCUT2D eigenvalue weighted by Gasteiger charge is -2.35. The second-order valence-electron chi connectivity index (χ2n) is 11.1. The number of carbonyl (C=O) groups is 2. The molecule has 0 bridgehead atoms. The molecule has 42 heavy (non-hydrogen) atoms. The summed E-state index contributed by atoms with van der Waals surface area (Å²) < 4.78 is 27.7. The number of amides is 2. The van der Waals surface area contributed by atoms with Gasteiger partial charge in [-0.15, -0.1) is 0 Å². The van der Waals surface area contributed by atoms with Crippen LogP contribution in [0.5, 0.6) is 0 Å². The second kappa shape index (κ2) is 13.5. The molecule has 0 heterocycles. The Morgan fingerprint density at radius 2 is 1.62 bits per heavy atom. The van der Waals surface area contributed by atoms with Crippen LogP contribution in [-0.4, -0.2) is 54.4 Å². The molecule has 0 saturated carbocycles. The van der Waals surface area contributed by atoms with Crippen LogP contribution in [-0.2, 0) is 32.6 Å². The molecule has 10 nitrogen and oxygen atoms in total. The van der Waals surface area contributed by atoms with Crippen LogP contribution < -0.4 is 9.62 Å². The molecule has 0 aromatic heterocycles. The maximum atomic E-state index is 14.2. The molecule has 12 heteroatoms. The van der Waals surface area contributed by atoms with Gasteiger partial charge in [0.25, 0.3) is 5.69 Å². The van der Waals surface area contributed by atoms with Crippen LogP contribution in [0.2, 0.25) is 0 Å². The van der Waals surface area contributed by atoms with Crippen molar-refractivity contribution in [3.05, 3.63) is 104 Å². The number of nitrogens with zero attached hydrogens (tertiary/aromatic N) is 3. The Morgan fingerprint density at radius 3 is 2.17 bits per heavy atom. The standard InChI is InChI=1S/C30H35BrN4O6S/c1-21-11-16-25(35(38)39)18-26(21)34(42(5,40)41)20-28(36)33(19-23-12-14-24(31)15-13-23)27(29(37)32-30(2,3)4)17-22-9-7-6-8-10-22/h6-16,18,27H,17,19-20H2,1-5H3,(H,32,37)/t27-/m0/s1. The number of sulfonamides is 1. The number of benzene rings is 3. The SMILES string of the molecule is Cc1ccc([N+](=O)[O-])cc1N(CC(=O)N(Cc1ccc(Br)cc1)[C@@H](Cc1ccccc1)C(=O)NC(C)(C)C)S(C)(=O)=O. The summed E-state index contributed by atoms with van der Waals surface area (Å²) in [5.74, 6) is -1.03. The highest BCUT2D eigenvalue weighted by atomic mass is 79.9. The Hall–Kier alpha value is -3.77. The number of non-ortho nitro benzene ring substituents is 1. The van der Waals surface area contributed by atoms with Gasteiger partial charge in [0.05, 0.1) is 16.9 Å². The van der Waals surface area contributed by atoms with Crippen molar-refractivity contribution in [1.29, 1.82) is 0 Å². The molecule has 0 spiro atoms. The van der Waals surface area contributed by atoms with Crippen molar-refractivity contribution >= 4 is 49.1 Å². The Morgan fingerprint density at radius 1 is 1.00 bits per heavy atom. The predicted molar refractivity (Wildman–Crippen MR) is 167 cm³/mol. The number of nitrogens with one attached hydrogen (secondary N) is 1. The van der Waals surface area contributed by atoms with Gasteiger partial charge in [0, 0.05) is 35.1 Å². The van der Waals surface area contributed by atoms with E-state index in [2.05, 4.69) is 21.2 Å². The number of hydrogen-bond donors (Lipinski definition) is 1. The third-order valence-electron chi connectivity index (χ3n) is 6.39. The van der Waals surface area contributed by atoms with E-state index < -0.39 is 44.9 Å². The molecular formula is C30H35BrN4O6S. The van der Waals surface area contributed by atoms with E-state index >= 15 is 0 Å². The molecule has 0 aliphatic rings. The zero-order valence-corrected chi connectivity index (χ0v) is 26.6. The van der Waals surface area contributed by atoms with Crippen molar-refractivity contribution in [3.8, 4) is 0 Å². The highest BCUT2D eigenvalue weighted by Crippen LogP contribution is 2.28. The van der Waals surface area contributed by atoms with Crippen LogP contribution in [0.3, 0.4) is 0 Å². The third-order valence-corrected chi connectivity index (χ3v) is 8.04. The van der Waals surface area contributed by atoms with Gasteiger partial charge in [0.1, 0.15) is 12.6 Å². The van der Waals surface area contributed by atoms with E-state index in [-0.39, 0.29) is 24.3 Å². The van der Waals surface area contributed by atoms with E-state index in [4.69, 9.17) is 0 Å². The molecular weight excluding hydrogens is 624 g/mol. The number of anilines is 1. The van der Waals surface area contributed by atoms with Crippen molar-refractivity contribution in [2.24, 2.45) is 0 Å². The van der Waals surface area contributed by atoms with Crippen LogP contribution >= 0.6 is 15.9 Å². The monoisotopic (exact) mass is 658 g/mol. The van der Waals surface area contributed by atoms with Crippen molar-refractivity contribution in [1.82, 2.24) is 10.2 Å². The van der Waals surface area contributed by atoms with E-state index in [9.17, 15) is 28.1 Å². The summed E-state index contributed by atoms with van der Waals surface area (Å²) in [6.45, 7) is 6.47. The minimum Gasteiger partial charge on any atom is -0.350 e. The molecule has 0 unspecified atom stereocenters. The van der Waals surface area contributed by atoms with Crippen LogP contribution in [0.1, 0.15) is 37.5 Å². The first-order chi connectivity index (χ1) is 19.5. The topological polar surface area (TPSA) is 130 Å². The van der Waals surface area contributed by atoms with Gasteiger partial charge in [-0.25, -0.2) is 8.42 Å². The minimum atomic E-state index is -4.07. The molecule has 3 rings (SSSR count). The van der Waals surface area contributed by atoms with Gasteiger partial charge in [-0.05, 0) is 56.5 Å². The lowest BCUT2D eigenvalue weighted by atomic mass is 10.0. The molecule has 0 aliphatic heterocycles. The van der Waals surface area contributed by atoms with Crippen LogP contribution in [0.25, 0.3) is 0 Å². The first-order valence-electron chi connectivity index (χ1n) is 13.2. The molecule has 1 atom stereocenters. The number of nitro benzene ring substituents is 1. The zero-order valence-electron chi connectivity index (χ0n) is 24.2. The molecule has 1 N–H and O–H groups in total. The average Bonchev–Trinajstić information content (AvgIpc) is 2.89. The molecule has 0 radical (unpaired) electrons. The van der Waals surface area contributed by atoms with Gasteiger partial charge >= 0.3 is 0 Å². The Kier molecular flexibility index (Phi) is 10.5. The fourth-order valence-corrected chi connectivity index (χ4v) is 5.53. The molecule has 2 amide bonds. The van der Waals surface area contributed by atoms with E-state index in [1.54, 1.807) is 6.92 Å². The molecule has 3 aromatic rings. The van der Waals surface area contributed by atoms with Crippen molar-refractivity contribution in [3.63, 3.8) is 0 Å². The lowest BCUT2D eigenvalue weighted by molar-refractivity contribution is -0.384. The van der Waals surface area contributed by atoms with Crippen LogP contribution in [0.4, 0.5) is 11.4 Å². The highest BCUT2D eigenvalue weighted by molar-refractivity contribution is 9.10. The van der Waals surface area contributed by atoms with Crippen molar-refractivity contribution in [2.75, 3.05) is 17.1 Å². The van der Waals surface area contributed by atoms with Gasteiger partial charge in [0.2, 0.25) is 21.8 Å². The number of nitro groups is 1. The van der Waals surface area contributed by atoms with Crippen LogP contribution in [0, 0.1) is 17.0 Å². The lowest BCUT2D eigenvalue weighted by Crippen LogP contribution is -2.56. The van der Waals surface area contributed by atoms with Crippen molar-refractivity contribution < 1.29 is 22.9 Å². The maximum absolute atomic E-state index is 14.2. The summed E-state index contributed by atoms with van der Waals surface area (Å²) in [5.41, 5.74) is 1.08. The quantitative estimate of drug-likeness (QED) is 0.228. The molecule has 3 aromatic carbocycles. The fourth-order valence-electron chi connectivity index (χ4n) is 4.37. The molecule has 0 fully saturated rings. The fraction of sp³-hybridized carbons (Fsp3) is 0.333. The number of carbonyl (C=O) groups excluding carboxylic acids is 2. The highest BCUT2D eigenvalue weighted by Gasteiger charge is 2.35. The molecule has 0 saturated heterocycles. The van der Waals surface area contributed by atoms with Crippen LogP contribution in [0.15, 0.2) is 77.3 Å². The predicted octanol–water partition coefficient (Wildman–Crippen LogP) is 4.99. The van der Waals surface area contributed by atoms with E-state index in [0.29, 0.717) is 5.56 Å². The van der Waals surface area contributed by atoms with Crippen molar-refractivity contribution in [2.45, 2.75) is 52.2 Å². The maximum Gasteiger partial charge on any atom is 0.271 e. The Balaban J connectivity index is 2.12.